The number of halogens is 2. The van der Waals surface area contributed by atoms with E-state index in [9.17, 15) is 9.90 Å². The van der Waals surface area contributed by atoms with E-state index in [1.807, 2.05) is 23.2 Å². The van der Waals surface area contributed by atoms with E-state index in [1.54, 1.807) is 23.0 Å². The number of nitrogens with zero attached hydrogens (tertiary/aromatic N) is 3. The quantitative estimate of drug-likeness (QED) is 0.797. The number of piperidine rings is 2. The van der Waals surface area contributed by atoms with Crippen molar-refractivity contribution in [2.75, 3.05) is 26.2 Å². The van der Waals surface area contributed by atoms with Crippen molar-refractivity contribution in [2.24, 2.45) is 5.41 Å². The molecule has 6 nitrogen and oxygen atoms in total. The minimum Gasteiger partial charge on any atom is -0.392 e. The highest BCUT2D eigenvalue weighted by Gasteiger charge is 2.44. The molecule has 0 bridgehead atoms. The molecule has 0 aliphatic carbocycles. The van der Waals surface area contributed by atoms with Crippen molar-refractivity contribution in [3.8, 4) is 5.69 Å². The number of nitrogens with one attached hydrogen (secondary N) is 1. The SMILES string of the molecule is Cl.O=C(c1cc(-n2cccn2)ccc1Cl)N1CCC[C@]2(CNCC[C@@H]2O)C1. The van der Waals surface area contributed by atoms with Crippen LogP contribution in [0, 0.1) is 5.41 Å². The standard InChI is InChI=1S/C19H23ClN4O2.ClH/c20-16-4-3-14(24-10-2-7-22-24)11-15(16)18(26)23-9-1-6-19(13-23)12-21-8-5-17(19)25;/h2-4,7,10-11,17,21,25H,1,5-6,8-9,12-13H2;1H/t17-,19-;/m0./s1. The Balaban J connectivity index is 0.00000210. The molecule has 8 heteroatoms. The predicted molar refractivity (Wildman–Crippen MR) is 107 cm³/mol. The highest BCUT2D eigenvalue weighted by atomic mass is 35.5. The van der Waals surface area contributed by atoms with Gasteiger partial charge >= 0.3 is 0 Å². The fourth-order valence-corrected chi connectivity index (χ4v) is 4.36. The van der Waals surface area contributed by atoms with Crippen LogP contribution in [0.5, 0.6) is 0 Å². The molecule has 0 radical (unpaired) electrons. The van der Waals surface area contributed by atoms with Crippen LogP contribution in [0.3, 0.4) is 0 Å². The number of amides is 1. The highest BCUT2D eigenvalue weighted by molar-refractivity contribution is 6.33. The molecule has 4 rings (SSSR count). The van der Waals surface area contributed by atoms with Crippen LogP contribution in [0.1, 0.15) is 29.6 Å². The van der Waals surface area contributed by atoms with Crippen LogP contribution >= 0.6 is 24.0 Å². The van der Waals surface area contributed by atoms with E-state index in [-0.39, 0.29) is 29.8 Å². The van der Waals surface area contributed by atoms with Crippen LogP contribution in [-0.2, 0) is 0 Å². The lowest BCUT2D eigenvalue weighted by molar-refractivity contribution is -0.0433. The lowest BCUT2D eigenvalue weighted by atomic mass is 9.72. The Hall–Kier alpha value is -1.60. The van der Waals surface area contributed by atoms with Gasteiger partial charge in [-0.25, -0.2) is 4.68 Å². The molecule has 2 aromatic rings. The molecule has 2 aliphatic rings. The minimum atomic E-state index is -0.370. The van der Waals surface area contributed by atoms with Gasteiger partial charge in [0.05, 0.1) is 22.4 Å². The number of aromatic nitrogens is 2. The lowest BCUT2D eigenvalue weighted by Gasteiger charge is -2.48. The number of hydrogen-bond acceptors (Lipinski definition) is 4. The molecule has 2 atom stereocenters. The highest BCUT2D eigenvalue weighted by Crippen LogP contribution is 2.37. The summed E-state index contributed by atoms with van der Waals surface area (Å²) in [4.78, 5) is 15.0. The molecule has 0 unspecified atom stereocenters. The van der Waals surface area contributed by atoms with Crippen molar-refractivity contribution < 1.29 is 9.90 Å². The first-order valence-electron chi connectivity index (χ1n) is 9.07. The first-order chi connectivity index (χ1) is 12.6. The van der Waals surface area contributed by atoms with Gasteiger partial charge in [0, 0.05) is 37.4 Å². The number of likely N-dealkylation sites (tertiary alicyclic amines) is 1. The van der Waals surface area contributed by atoms with E-state index in [0.717, 1.165) is 38.0 Å². The van der Waals surface area contributed by atoms with Crippen LogP contribution in [0.2, 0.25) is 5.02 Å². The van der Waals surface area contributed by atoms with Crippen LogP contribution in [0.25, 0.3) is 5.69 Å². The van der Waals surface area contributed by atoms with Gasteiger partial charge < -0.3 is 15.3 Å². The molecule has 27 heavy (non-hydrogen) atoms. The molecule has 146 valence electrons. The van der Waals surface area contributed by atoms with E-state index in [2.05, 4.69) is 10.4 Å². The molecule has 2 fully saturated rings. The number of aliphatic hydroxyl groups is 1. The topological polar surface area (TPSA) is 70.4 Å². The Labute approximate surface area is 169 Å². The van der Waals surface area contributed by atoms with E-state index in [0.29, 0.717) is 23.7 Å². The zero-order chi connectivity index (χ0) is 18.1. The second kappa shape index (κ2) is 8.19. The number of carbonyl (C=O) groups is 1. The first kappa shape index (κ1) is 20.1. The summed E-state index contributed by atoms with van der Waals surface area (Å²) in [6.07, 6.45) is 5.72. The Morgan fingerprint density at radius 2 is 2.26 bits per heavy atom. The smallest absolute Gasteiger partial charge is 0.255 e. The first-order valence-corrected chi connectivity index (χ1v) is 9.44. The molecular formula is C19H24Cl2N4O2. The van der Waals surface area contributed by atoms with Crippen molar-refractivity contribution >= 4 is 29.9 Å². The molecule has 2 saturated heterocycles. The van der Waals surface area contributed by atoms with Gasteiger partial charge in [0.15, 0.2) is 0 Å². The van der Waals surface area contributed by atoms with E-state index < -0.39 is 0 Å². The predicted octanol–water partition coefficient (Wildman–Crippen LogP) is 2.52. The summed E-state index contributed by atoms with van der Waals surface area (Å²) in [5.74, 6) is -0.0825. The van der Waals surface area contributed by atoms with Gasteiger partial charge in [0.1, 0.15) is 0 Å². The van der Waals surface area contributed by atoms with Gasteiger partial charge in [-0.2, -0.15) is 5.10 Å². The molecule has 1 aromatic carbocycles. The van der Waals surface area contributed by atoms with Gasteiger partial charge in [-0.15, -0.1) is 12.4 Å². The lowest BCUT2D eigenvalue weighted by Crippen LogP contribution is -2.58. The number of rotatable bonds is 2. The fraction of sp³-hybridized carbons (Fsp3) is 0.474. The number of aliphatic hydroxyl groups excluding tert-OH is 1. The maximum Gasteiger partial charge on any atom is 0.255 e. The van der Waals surface area contributed by atoms with Crippen LogP contribution in [-0.4, -0.2) is 58.0 Å². The van der Waals surface area contributed by atoms with Crippen LogP contribution < -0.4 is 5.32 Å². The summed E-state index contributed by atoms with van der Waals surface area (Å²) in [7, 11) is 0. The van der Waals surface area contributed by atoms with E-state index in [1.165, 1.54) is 0 Å². The van der Waals surface area contributed by atoms with Gasteiger partial charge in [-0.05, 0) is 50.1 Å². The van der Waals surface area contributed by atoms with Crippen molar-refractivity contribution in [3.63, 3.8) is 0 Å². The molecule has 1 aromatic heterocycles. The zero-order valence-electron chi connectivity index (χ0n) is 15.0. The van der Waals surface area contributed by atoms with Crippen molar-refractivity contribution in [2.45, 2.75) is 25.4 Å². The monoisotopic (exact) mass is 410 g/mol. The molecule has 3 heterocycles. The maximum atomic E-state index is 13.2. The third-order valence-corrected chi connectivity index (χ3v) is 5.95. The molecule has 2 N–H and O–H groups in total. The average molecular weight is 411 g/mol. The van der Waals surface area contributed by atoms with Crippen molar-refractivity contribution in [1.29, 1.82) is 0 Å². The summed E-state index contributed by atoms with van der Waals surface area (Å²) < 4.78 is 1.71. The Kier molecular flexibility index (Phi) is 6.11. The number of benzene rings is 1. The summed E-state index contributed by atoms with van der Waals surface area (Å²) in [5.41, 5.74) is 1.03. The molecule has 0 saturated carbocycles. The third kappa shape index (κ3) is 3.85. The Morgan fingerprint density at radius 3 is 3.00 bits per heavy atom. The average Bonchev–Trinajstić information content (AvgIpc) is 3.19. The largest absolute Gasteiger partial charge is 0.392 e. The summed E-state index contributed by atoms with van der Waals surface area (Å²) in [6, 6.07) is 7.21. The van der Waals surface area contributed by atoms with Crippen LogP contribution in [0.4, 0.5) is 0 Å². The molecular weight excluding hydrogens is 387 g/mol. The molecule has 1 amide bonds. The van der Waals surface area contributed by atoms with Gasteiger partial charge in [-0.3, -0.25) is 4.79 Å². The summed E-state index contributed by atoms with van der Waals surface area (Å²) in [5, 5.41) is 18.6. The van der Waals surface area contributed by atoms with E-state index >= 15 is 0 Å². The van der Waals surface area contributed by atoms with Crippen molar-refractivity contribution in [1.82, 2.24) is 20.0 Å². The summed E-state index contributed by atoms with van der Waals surface area (Å²) >= 11 is 6.34. The van der Waals surface area contributed by atoms with Crippen LogP contribution in [0.15, 0.2) is 36.7 Å². The van der Waals surface area contributed by atoms with Gasteiger partial charge in [0.25, 0.3) is 5.91 Å². The van der Waals surface area contributed by atoms with Crippen molar-refractivity contribution in [3.05, 3.63) is 47.2 Å². The Bertz CT molecular complexity index is 795. The number of hydrogen-bond donors (Lipinski definition) is 2. The Morgan fingerprint density at radius 1 is 1.41 bits per heavy atom. The second-order valence-corrected chi connectivity index (χ2v) is 7.70. The van der Waals surface area contributed by atoms with Gasteiger partial charge in [-0.1, -0.05) is 11.6 Å². The molecule has 2 aliphatic heterocycles. The maximum absolute atomic E-state index is 13.2. The summed E-state index contributed by atoms with van der Waals surface area (Å²) in [6.45, 7) is 2.82. The minimum absolute atomic E-state index is 0. The fourth-order valence-electron chi connectivity index (χ4n) is 4.16. The second-order valence-electron chi connectivity index (χ2n) is 7.29. The number of carbonyl (C=O) groups excluding carboxylic acids is 1. The van der Waals surface area contributed by atoms with E-state index in [4.69, 9.17) is 11.6 Å². The zero-order valence-corrected chi connectivity index (χ0v) is 16.5. The normalized spacial score (nSPS) is 25.3. The van der Waals surface area contributed by atoms with Gasteiger partial charge in [0.2, 0.25) is 0 Å². The third-order valence-electron chi connectivity index (χ3n) is 5.62. The molecule has 1 spiro atoms.